The Morgan fingerprint density at radius 2 is 1.62 bits per heavy atom. The van der Waals surface area contributed by atoms with E-state index in [-0.39, 0.29) is 23.0 Å². The van der Waals surface area contributed by atoms with Crippen LogP contribution in [0.2, 0.25) is 0 Å². The van der Waals surface area contributed by atoms with Gasteiger partial charge in [-0.3, -0.25) is 19.5 Å². The highest BCUT2D eigenvalue weighted by Gasteiger charge is 2.41. The zero-order valence-corrected chi connectivity index (χ0v) is 24.2. The van der Waals surface area contributed by atoms with Crippen molar-refractivity contribution >= 4 is 29.1 Å². The largest absolute Gasteiger partial charge is 0.357 e. The summed E-state index contributed by atoms with van der Waals surface area (Å²) in [5, 5.41) is 3.61. The lowest BCUT2D eigenvalue weighted by atomic mass is 9.77. The minimum absolute atomic E-state index is 0.0414. The molecule has 6 rings (SSSR count). The van der Waals surface area contributed by atoms with Gasteiger partial charge in [-0.1, -0.05) is 93.6 Å². The molecule has 0 fully saturated rings. The summed E-state index contributed by atoms with van der Waals surface area (Å²) in [6.07, 6.45) is 7.93. The standard InChI is InChI=1S/C37H35N3O2/c1-37(2,3)29-18-16-26(17-19-29)28-22-31-35(33(41)23-28)36(27-12-9-21-38-24-27)40(32-14-8-7-13-30(32)39-31)34(42)20-15-25-10-5-4-6-11-25/h4-21,24,28,36,39H,22-23H2,1-3H3/b20-15+. The van der Waals surface area contributed by atoms with Gasteiger partial charge in [-0.15, -0.1) is 0 Å². The number of Topliss-reactive ketones (excluding diaryl/α,β-unsaturated/α-hetero) is 1. The maximum absolute atomic E-state index is 14.2. The van der Waals surface area contributed by atoms with Gasteiger partial charge in [0.05, 0.1) is 17.4 Å². The van der Waals surface area contributed by atoms with Gasteiger partial charge in [0.15, 0.2) is 5.78 Å². The summed E-state index contributed by atoms with van der Waals surface area (Å²) < 4.78 is 0. The number of carbonyl (C=O) groups excluding carboxylic acids is 2. The first-order chi connectivity index (χ1) is 20.3. The van der Waals surface area contributed by atoms with Crippen LogP contribution < -0.4 is 10.2 Å². The van der Waals surface area contributed by atoms with Crippen LogP contribution in [0.25, 0.3) is 6.08 Å². The van der Waals surface area contributed by atoms with Gasteiger partial charge >= 0.3 is 0 Å². The Morgan fingerprint density at radius 1 is 0.881 bits per heavy atom. The normalized spacial score (nSPS) is 18.7. The number of pyridine rings is 1. The van der Waals surface area contributed by atoms with Crippen LogP contribution in [0.1, 0.15) is 67.8 Å². The average molecular weight is 554 g/mol. The number of nitrogens with zero attached hydrogens (tertiary/aromatic N) is 2. The molecule has 0 saturated carbocycles. The molecule has 2 atom stereocenters. The first kappa shape index (κ1) is 27.4. The Hall–Kier alpha value is -4.77. The van der Waals surface area contributed by atoms with Crippen molar-refractivity contribution in [2.75, 3.05) is 10.2 Å². The van der Waals surface area contributed by atoms with Crippen molar-refractivity contribution in [1.82, 2.24) is 4.98 Å². The summed E-state index contributed by atoms with van der Waals surface area (Å²) in [5.74, 6) is -0.122. The van der Waals surface area contributed by atoms with E-state index in [4.69, 9.17) is 0 Å². The molecular formula is C37H35N3O2. The second kappa shape index (κ2) is 11.2. The van der Waals surface area contributed by atoms with E-state index in [0.717, 1.165) is 33.8 Å². The molecule has 1 aromatic heterocycles. The molecule has 5 heteroatoms. The van der Waals surface area contributed by atoms with Crippen LogP contribution in [-0.2, 0) is 15.0 Å². The summed E-state index contributed by atoms with van der Waals surface area (Å²) in [4.78, 5) is 34.4. The molecule has 2 aliphatic rings. The van der Waals surface area contributed by atoms with Crippen molar-refractivity contribution in [1.29, 1.82) is 0 Å². The molecule has 0 radical (unpaired) electrons. The number of anilines is 2. The van der Waals surface area contributed by atoms with Gasteiger partial charge in [-0.25, -0.2) is 0 Å². The van der Waals surface area contributed by atoms with E-state index in [0.29, 0.717) is 18.4 Å². The van der Waals surface area contributed by atoms with Crippen LogP contribution in [0, 0.1) is 0 Å². The maximum Gasteiger partial charge on any atom is 0.251 e. The fourth-order valence-electron chi connectivity index (χ4n) is 5.99. The van der Waals surface area contributed by atoms with E-state index in [1.54, 1.807) is 23.4 Å². The van der Waals surface area contributed by atoms with Crippen molar-refractivity contribution in [3.05, 3.63) is 143 Å². The molecule has 4 aromatic rings. The van der Waals surface area contributed by atoms with Gasteiger partial charge in [0, 0.05) is 36.2 Å². The van der Waals surface area contributed by atoms with Crippen molar-refractivity contribution in [3.63, 3.8) is 0 Å². The third kappa shape index (κ3) is 5.42. The molecule has 210 valence electrons. The molecule has 42 heavy (non-hydrogen) atoms. The zero-order chi connectivity index (χ0) is 29.3. The van der Waals surface area contributed by atoms with Gasteiger partial charge in [0.2, 0.25) is 0 Å². The van der Waals surface area contributed by atoms with Crippen LogP contribution >= 0.6 is 0 Å². The van der Waals surface area contributed by atoms with Crippen LogP contribution in [-0.4, -0.2) is 16.7 Å². The summed E-state index contributed by atoms with van der Waals surface area (Å²) in [5.41, 5.74) is 7.22. The first-order valence-corrected chi connectivity index (χ1v) is 14.5. The lowest BCUT2D eigenvalue weighted by molar-refractivity contribution is -0.116. The zero-order valence-electron chi connectivity index (χ0n) is 24.2. The maximum atomic E-state index is 14.2. The number of allylic oxidation sites excluding steroid dienone is 1. The molecule has 3 aromatic carbocycles. The molecule has 0 saturated heterocycles. The summed E-state index contributed by atoms with van der Waals surface area (Å²) >= 11 is 0. The lowest BCUT2D eigenvalue weighted by Crippen LogP contribution is -2.37. The lowest BCUT2D eigenvalue weighted by Gasteiger charge is -2.34. The minimum atomic E-state index is -0.616. The SMILES string of the molecule is CC(C)(C)c1ccc(C2CC(=O)C3=C(C2)Nc2ccccc2N(C(=O)/C=C/c2ccccc2)C3c2cccnc2)cc1. The van der Waals surface area contributed by atoms with Crippen LogP contribution in [0.15, 0.2) is 121 Å². The first-order valence-electron chi connectivity index (χ1n) is 14.5. The second-order valence-corrected chi connectivity index (χ2v) is 12.1. The van der Waals surface area contributed by atoms with E-state index >= 15 is 0 Å². The summed E-state index contributed by atoms with van der Waals surface area (Å²) in [6.45, 7) is 6.62. The number of fused-ring (bicyclic) bond motifs is 1. The topological polar surface area (TPSA) is 62.3 Å². The smallest absolute Gasteiger partial charge is 0.251 e. The van der Waals surface area contributed by atoms with E-state index in [9.17, 15) is 9.59 Å². The molecule has 2 heterocycles. The number of ketones is 1. The molecule has 2 unspecified atom stereocenters. The quantitative estimate of drug-likeness (QED) is 0.260. The predicted octanol–water partition coefficient (Wildman–Crippen LogP) is 7.99. The predicted molar refractivity (Wildman–Crippen MR) is 169 cm³/mol. The Kier molecular flexibility index (Phi) is 7.34. The molecule has 1 aliphatic heterocycles. The van der Waals surface area contributed by atoms with Crippen LogP contribution in [0.4, 0.5) is 11.4 Å². The molecule has 1 N–H and O–H groups in total. The van der Waals surface area contributed by atoms with E-state index < -0.39 is 6.04 Å². The van der Waals surface area contributed by atoms with E-state index in [1.165, 1.54) is 5.56 Å². The monoisotopic (exact) mass is 553 g/mol. The number of carbonyl (C=O) groups is 2. The number of nitrogens with one attached hydrogen (secondary N) is 1. The molecular weight excluding hydrogens is 518 g/mol. The Balaban J connectivity index is 1.45. The Labute approximate surface area is 247 Å². The van der Waals surface area contributed by atoms with Crippen molar-refractivity contribution in [3.8, 4) is 0 Å². The van der Waals surface area contributed by atoms with Crippen LogP contribution in [0.5, 0.6) is 0 Å². The van der Waals surface area contributed by atoms with Crippen molar-refractivity contribution < 1.29 is 9.59 Å². The van der Waals surface area contributed by atoms with Crippen molar-refractivity contribution in [2.45, 2.75) is 51.0 Å². The van der Waals surface area contributed by atoms with Gasteiger partial charge in [0.25, 0.3) is 5.91 Å². The third-order valence-corrected chi connectivity index (χ3v) is 8.19. The van der Waals surface area contributed by atoms with Gasteiger partial charge in [0.1, 0.15) is 0 Å². The van der Waals surface area contributed by atoms with Gasteiger partial charge < -0.3 is 5.32 Å². The molecule has 0 bridgehead atoms. The molecule has 1 amide bonds. The highest BCUT2D eigenvalue weighted by molar-refractivity contribution is 6.10. The fraction of sp³-hybridized carbons (Fsp3) is 0.216. The number of benzene rings is 3. The number of para-hydroxylation sites is 2. The Morgan fingerprint density at radius 3 is 2.33 bits per heavy atom. The fourth-order valence-corrected chi connectivity index (χ4v) is 5.99. The summed E-state index contributed by atoms with van der Waals surface area (Å²) in [7, 11) is 0. The highest BCUT2D eigenvalue weighted by atomic mass is 16.2. The van der Waals surface area contributed by atoms with Crippen molar-refractivity contribution in [2.24, 2.45) is 0 Å². The number of rotatable bonds is 4. The van der Waals surface area contributed by atoms with Gasteiger partial charge in [-0.05, 0) is 64.3 Å². The summed E-state index contributed by atoms with van der Waals surface area (Å²) in [6, 6.07) is 29.4. The average Bonchev–Trinajstić information content (AvgIpc) is 3.15. The number of amides is 1. The Bertz CT molecular complexity index is 1670. The number of hydrogen-bond donors (Lipinski definition) is 1. The van der Waals surface area contributed by atoms with Gasteiger partial charge in [-0.2, -0.15) is 0 Å². The van der Waals surface area contributed by atoms with Crippen LogP contribution in [0.3, 0.4) is 0 Å². The number of aromatic nitrogens is 1. The van der Waals surface area contributed by atoms with E-state index in [2.05, 4.69) is 55.3 Å². The molecule has 0 spiro atoms. The minimum Gasteiger partial charge on any atom is -0.357 e. The number of hydrogen-bond acceptors (Lipinski definition) is 4. The molecule has 5 nitrogen and oxygen atoms in total. The second-order valence-electron chi connectivity index (χ2n) is 12.1. The third-order valence-electron chi connectivity index (χ3n) is 8.19. The molecule has 1 aliphatic carbocycles. The highest BCUT2D eigenvalue weighted by Crippen LogP contribution is 2.47. The van der Waals surface area contributed by atoms with E-state index in [1.807, 2.05) is 72.8 Å².